The Morgan fingerprint density at radius 1 is 0.963 bits per heavy atom. The first-order valence-electron chi connectivity index (χ1n) is 8.13. The number of benzene rings is 1. The molecule has 3 aromatic rings. The first kappa shape index (κ1) is 19.2. The van der Waals surface area contributed by atoms with Gasteiger partial charge in [0.15, 0.2) is 0 Å². The largest absolute Gasteiger partial charge is 0.382 e. The van der Waals surface area contributed by atoms with E-state index in [1.165, 1.54) is 34.8 Å². The standard InChI is InChI=1S/C19H17FN2O3S2/c20-13-5-3-12(4-6-13)10-21-18(24)19(25)22-11-14-7-8-16(27-14)17(23)15-2-1-9-26-15/h1-9,17,23H,10-11H2,(H,21,24)(H,22,25). The van der Waals surface area contributed by atoms with Crippen molar-refractivity contribution in [1.82, 2.24) is 10.6 Å². The van der Waals surface area contributed by atoms with Crippen molar-refractivity contribution in [3.8, 4) is 0 Å². The Morgan fingerprint density at radius 3 is 2.33 bits per heavy atom. The highest BCUT2D eigenvalue weighted by atomic mass is 32.1. The fourth-order valence-electron chi connectivity index (χ4n) is 2.34. The number of rotatable bonds is 6. The number of hydrogen-bond donors (Lipinski definition) is 3. The van der Waals surface area contributed by atoms with Gasteiger partial charge in [-0.05, 0) is 41.3 Å². The van der Waals surface area contributed by atoms with Crippen molar-refractivity contribution in [3.05, 3.63) is 79.9 Å². The molecule has 0 saturated heterocycles. The summed E-state index contributed by atoms with van der Waals surface area (Å²) in [5.74, 6) is -1.86. The lowest BCUT2D eigenvalue weighted by Crippen LogP contribution is -2.39. The van der Waals surface area contributed by atoms with E-state index in [1.54, 1.807) is 12.1 Å². The van der Waals surface area contributed by atoms with Crippen LogP contribution in [0.25, 0.3) is 0 Å². The second-order valence-electron chi connectivity index (χ2n) is 5.71. The quantitative estimate of drug-likeness (QED) is 0.553. The molecule has 1 aromatic carbocycles. The minimum atomic E-state index is -0.755. The Balaban J connectivity index is 1.47. The molecule has 0 fully saturated rings. The molecule has 0 bridgehead atoms. The summed E-state index contributed by atoms with van der Waals surface area (Å²) in [6, 6.07) is 13.0. The molecule has 0 saturated carbocycles. The van der Waals surface area contributed by atoms with E-state index in [1.807, 2.05) is 29.6 Å². The van der Waals surface area contributed by atoms with Gasteiger partial charge in [0, 0.05) is 21.2 Å². The molecule has 1 unspecified atom stereocenters. The van der Waals surface area contributed by atoms with Crippen LogP contribution in [0.2, 0.25) is 0 Å². The third-order valence-electron chi connectivity index (χ3n) is 3.76. The Kier molecular flexibility index (Phi) is 6.33. The van der Waals surface area contributed by atoms with Crippen LogP contribution in [0.1, 0.15) is 26.3 Å². The zero-order valence-electron chi connectivity index (χ0n) is 14.1. The van der Waals surface area contributed by atoms with Gasteiger partial charge in [0.25, 0.3) is 0 Å². The smallest absolute Gasteiger partial charge is 0.309 e. The summed E-state index contributed by atoms with van der Waals surface area (Å²) >= 11 is 2.85. The zero-order valence-corrected chi connectivity index (χ0v) is 15.8. The van der Waals surface area contributed by atoms with Gasteiger partial charge in [0.05, 0.1) is 6.54 Å². The van der Waals surface area contributed by atoms with Crippen LogP contribution in [0.3, 0.4) is 0 Å². The summed E-state index contributed by atoms with van der Waals surface area (Å²) in [7, 11) is 0. The van der Waals surface area contributed by atoms with Gasteiger partial charge in [-0.15, -0.1) is 22.7 Å². The number of halogens is 1. The minimum Gasteiger partial charge on any atom is -0.382 e. The van der Waals surface area contributed by atoms with Crippen LogP contribution in [0.15, 0.2) is 53.9 Å². The molecule has 2 amide bonds. The van der Waals surface area contributed by atoms with Gasteiger partial charge in [-0.3, -0.25) is 9.59 Å². The molecule has 8 heteroatoms. The lowest BCUT2D eigenvalue weighted by atomic mass is 10.2. The van der Waals surface area contributed by atoms with Crippen LogP contribution in [0.5, 0.6) is 0 Å². The highest BCUT2D eigenvalue weighted by molar-refractivity contribution is 7.12. The fraction of sp³-hybridized carbons (Fsp3) is 0.158. The van der Waals surface area contributed by atoms with Gasteiger partial charge in [0.2, 0.25) is 0 Å². The summed E-state index contributed by atoms with van der Waals surface area (Å²) in [6.45, 7) is 0.341. The second kappa shape index (κ2) is 8.90. The van der Waals surface area contributed by atoms with Crippen molar-refractivity contribution in [2.45, 2.75) is 19.2 Å². The number of aliphatic hydroxyl groups excluding tert-OH is 1. The maximum Gasteiger partial charge on any atom is 0.309 e. The van der Waals surface area contributed by atoms with Crippen LogP contribution in [-0.2, 0) is 22.7 Å². The fourth-order valence-corrected chi connectivity index (χ4v) is 4.10. The minimum absolute atomic E-state index is 0.142. The Hall–Kier alpha value is -2.55. The highest BCUT2D eigenvalue weighted by Gasteiger charge is 2.16. The van der Waals surface area contributed by atoms with Crippen LogP contribution >= 0.6 is 22.7 Å². The normalized spacial score (nSPS) is 11.8. The van der Waals surface area contributed by atoms with E-state index in [0.29, 0.717) is 5.56 Å². The van der Waals surface area contributed by atoms with Crippen molar-refractivity contribution >= 4 is 34.5 Å². The van der Waals surface area contributed by atoms with E-state index >= 15 is 0 Å². The van der Waals surface area contributed by atoms with Crippen molar-refractivity contribution in [2.24, 2.45) is 0 Å². The molecule has 5 nitrogen and oxygen atoms in total. The van der Waals surface area contributed by atoms with Crippen molar-refractivity contribution in [2.75, 3.05) is 0 Å². The van der Waals surface area contributed by atoms with Crippen molar-refractivity contribution < 1.29 is 19.1 Å². The number of carbonyl (C=O) groups is 2. The number of amides is 2. The van der Waals surface area contributed by atoms with E-state index in [0.717, 1.165) is 14.6 Å². The number of aliphatic hydroxyl groups is 1. The predicted molar refractivity (Wildman–Crippen MR) is 103 cm³/mol. The summed E-state index contributed by atoms with van der Waals surface area (Å²) in [6.07, 6.45) is -0.682. The maximum atomic E-state index is 12.8. The van der Waals surface area contributed by atoms with E-state index in [9.17, 15) is 19.1 Å². The molecule has 0 radical (unpaired) electrons. The van der Waals surface area contributed by atoms with Crippen molar-refractivity contribution in [1.29, 1.82) is 0 Å². The lowest BCUT2D eigenvalue weighted by Gasteiger charge is -2.06. The molecule has 2 heterocycles. The van der Waals surface area contributed by atoms with E-state index in [4.69, 9.17) is 0 Å². The first-order valence-corrected chi connectivity index (χ1v) is 9.83. The van der Waals surface area contributed by atoms with Crippen LogP contribution in [0.4, 0.5) is 4.39 Å². The van der Waals surface area contributed by atoms with Crippen LogP contribution in [0, 0.1) is 5.82 Å². The number of nitrogens with one attached hydrogen (secondary N) is 2. The Bertz CT molecular complexity index is 907. The molecule has 3 N–H and O–H groups in total. The molecule has 2 aromatic heterocycles. The monoisotopic (exact) mass is 404 g/mol. The molecule has 27 heavy (non-hydrogen) atoms. The highest BCUT2D eigenvalue weighted by Crippen LogP contribution is 2.30. The average molecular weight is 404 g/mol. The molecule has 0 spiro atoms. The van der Waals surface area contributed by atoms with Crippen LogP contribution in [-0.4, -0.2) is 16.9 Å². The number of carbonyl (C=O) groups excluding carboxylic acids is 2. The SMILES string of the molecule is O=C(NCc1ccc(F)cc1)C(=O)NCc1ccc(C(O)c2cccs2)s1. The lowest BCUT2D eigenvalue weighted by molar-refractivity contribution is -0.139. The van der Waals surface area contributed by atoms with Crippen LogP contribution < -0.4 is 10.6 Å². The third kappa shape index (κ3) is 5.22. The van der Waals surface area contributed by atoms with E-state index in [2.05, 4.69) is 10.6 Å². The first-order chi connectivity index (χ1) is 13.0. The Morgan fingerprint density at radius 2 is 1.67 bits per heavy atom. The zero-order chi connectivity index (χ0) is 19.2. The van der Waals surface area contributed by atoms with Gasteiger partial charge in [-0.1, -0.05) is 18.2 Å². The molecule has 3 rings (SSSR count). The molecular weight excluding hydrogens is 387 g/mol. The molecule has 0 aliphatic carbocycles. The van der Waals surface area contributed by atoms with Gasteiger partial charge < -0.3 is 15.7 Å². The topological polar surface area (TPSA) is 78.4 Å². The summed E-state index contributed by atoms with van der Waals surface area (Å²) in [5.41, 5.74) is 0.697. The molecule has 1 atom stereocenters. The van der Waals surface area contributed by atoms with E-state index in [-0.39, 0.29) is 18.9 Å². The maximum absolute atomic E-state index is 12.8. The third-order valence-corrected chi connectivity index (χ3v) is 5.82. The molecule has 0 aliphatic heterocycles. The molecular formula is C19H17FN2O3S2. The predicted octanol–water partition coefficient (Wildman–Crippen LogP) is 2.96. The Labute approximate surface area is 163 Å². The molecule has 140 valence electrons. The van der Waals surface area contributed by atoms with Crippen molar-refractivity contribution in [3.63, 3.8) is 0 Å². The average Bonchev–Trinajstić information content (AvgIpc) is 3.37. The number of thiophene rings is 2. The number of hydrogen-bond acceptors (Lipinski definition) is 5. The summed E-state index contributed by atoms with van der Waals surface area (Å²) in [5, 5.41) is 17.2. The van der Waals surface area contributed by atoms with Gasteiger partial charge in [-0.2, -0.15) is 0 Å². The van der Waals surface area contributed by atoms with E-state index < -0.39 is 17.9 Å². The summed E-state index contributed by atoms with van der Waals surface area (Å²) < 4.78 is 12.8. The molecule has 0 aliphatic rings. The van der Waals surface area contributed by atoms with Gasteiger partial charge in [0.1, 0.15) is 11.9 Å². The second-order valence-corrected chi connectivity index (χ2v) is 7.89. The van der Waals surface area contributed by atoms with Gasteiger partial charge in [-0.25, -0.2) is 4.39 Å². The van der Waals surface area contributed by atoms with Gasteiger partial charge >= 0.3 is 11.8 Å². The summed E-state index contributed by atoms with van der Waals surface area (Å²) in [4.78, 5) is 26.2.